The van der Waals surface area contributed by atoms with E-state index in [1.54, 1.807) is 0 Å². The van der Waals surface area contributed by atoms with E-state index in [0.717, 1.165) is 32.7 Å². The van der Waals surface area contributed by atoms with E-state index >= 15 is 0 Å². The van der Waals surface area contributed by atoms with Crippen molar-refractivity contribution in [1.29, 1.82) is 0 Å². The Morgan fingerprint density at radius 3 is 2.84 bits per heavy atom. The van der Waals surface area contributed by atoms with E-state index in [1.165, 1.54) is 12.0 Å². The highest BCUT2D eigenvalue weighted by Gasteiger charge is 2.25. The summed E-state index contributed by atoms with van der Waals surface area (Å²) in [5, 5.41) is 3.21. The minimum absolute atomic E-state index is 0.337. The summed E-state index contributed by atoms with van der Waals surface area (Å²) in [7, 11) is 1.99. The standard InChI is InChI=1S/C16H26N2O/c1-3-15(11-14-7-5-4-6-8-14)18-9-10-19-16(13-18)12-17-2/h4-8,15-17H,3,9-13H2,1-2H3. The Kier molecular flexibility index (Phi) is 5.83. The van der Waals surface area contributed by atoms with Crippen molar-refractivity contribution in [3.63, 3.8) is 0 Å². The molecule has 0 bridgehead atoms. The first kappa shape index (κ1) is 14.5. The molecule has 2 unspecified atom stereocenters. The summed E-state index contributed by atoms with van der Waals surface area (Å²) in [6, 6.07) is 11.4. The zero-order valence-electron chi connectivity index (χ0n) is 12.1. The summed E-state index contributed by atoms with van der Waals surface area (Å²) < 4.78 is 5.79. The third kappa shape index (κ3) is 4.30. The van der Waals surface area contributed by atoms with Crippen LogP contribution in [0.1, 0.15) is 18.9 Å². The predicted octanol–water partition coefficient (Wildman–Crippen LogP) is 1.93. The summed E-state index contributed by atoms with van der Waals surface area (Å²) in [4.78, 5) is 2.60. The van der Waals surface area contributed by atoms with E-state index in [0.29, 0.717) is 12.1 Å². The summed E-state index contributed by atoms with van der Waals surface area (Å²) in [6.07, 6.45) is 2.67. The zero-order chi connectivity index (χ0) is 13.5. The van der Waals surface area contributed by atoms with Gasteiger partial charge in [0.1, 0.15) is 0 Å². The van der Waals surface area contributed by atoms with Crippen molar-refractivity contribution in [2.75, 3.05) is 33.3 Å². The van der Waals surface area contributed by atoms with Gasteiger partial charge >= 0.3 is 0 Å². The van der Waals surface area contributed by atoms with Gasteiger partial charge in [0.25, 0.3) is 0 Å². The van der Waals surface area contributed by atoms with Gasteiger partial charge in [-0.1, -0.05) is 37.3 Å². The zero-order valence-corrected chi connectivity index (χ0v) is 12.1. The van der Waals surface area contributed by atoms with Gasteiger partial charge in [0.05, 0.1) is 12.7 Å². The molecule has 0 aliphatic carbocycles. The normalized spacial score (nSPS) is 22.3. The lowest BCUT2D eigenvalue weighted by molar-refractivity contribution is -0.0416. The van der Waals surface area contributed by atoms with Crippen LogP contribution in [0.2, 0.25) is 0 Å². The molecule has 1 N–H and O–H groups in total. The molecular formula is C16H26N2O. The Morgan fingerprint density at radius 1 is 1.37 bits per heavy atom. The molecule has 2 rings (SSSR count). The molecule has 1 saturated heterocycles. The van der Waals surface area contributed by atoms with Gasteiger partial charge in [-0.2, -0.15) is 0 Å². The molecule has 1 aliphatic rings. The summed E-state index contributed by atoms with van der Waals surface area (Å²) in [6.45, 7) is 6.20. The van der Waals surface area contributed by atoms with Crippen LogP contribution in [0.4, 0.5) is 0 Å². The predicted molar refractivity (Wildman–Crippen MR) is 79.5 cm³/mol. The van der Waals surface area contributed by atoms with E-state index in [2.05, 4.69) is 47.5 Å². The van der Waals surface area contributed by atoms with Crippen LogP contribution < -0.4 is 5.32 Å². The second-order valence-electron chi connectivity index (χ2n) is 5.30. The number of benzene rings is 1. The van der Waals surface area contributed by atoms with Gasteiger partial charge in [-0.3, -0.25) is 4.90 Å². The number of rotatable bonds is 6. The number of hydrogen-bond acceptors (Lipinski definition) is 3. The first-order valence-electron chi connectivity index (χ1n) is 7.37. The summed E-state index contributed by atoms with van der Waals surface area (Å²) >= 11 is 0. The highest BCUT2D eigenvalue weighted by molar-refractivity contribution is 5.16. The average Bonchev–Trinajstić information content (AvgIpc) is 2.46. The maximum Gasteiger partial charge on any atom is 0.0826 e. The van der Waals surface area contributed by atoms with Gasteiger partial charge < -0.3 is 10.1 Å². The number of nitrogens with zero attached hydrogens (tertiary/aromatic N) is 1. The van der Waals surface area contributed by atoms with Crippen molar-refractivity contribution >= 4 is 0 Å². The van der Waals surface area contributed by atoms with Crippen LogP contribution in [0.5, 0.6) is 0 Å². The van der Waals surface area contributed by atoms with Crippen LogP contribution in [0.15, 0.2) is 30.3 Å². The molecule has 0 radical (unpaired) electrons. The molecule has 0 saturated carbocycles. The van der Waals surface area contributed by atoms with Crippen molar-refractivity contribution in [2.45, 2.75) is 31.9 Å². The largest absolute Gasteiger partial charge is 0.374 e. The second kappa shape index (κ2) is 7.63. The number of nitrogens with one attached hydrogen (secondary N) is 1. The van der Waals surface area contributed by atoms with Gasteiger partial charge in [0.15, 0.2) is 0 Å². The Labute approximate surface area is 116 Å². The SMILES string of the molecule is CCC(Cc1ccccc1)N1CCOC(CNC)C1. The molecule has 2 atom stereocenters. The lowest BCUT2D eigenvalue weighted by Gasteiger charge is -2.38. The molecule has 1 aliphatic heterocycles. The van der Waals surface area contributed by atoms with Gasteiger partial charge in [-0.25, -0.2) is 0 Å². The van der Waals surface area contributed by atoms with Crippen LogP contribution in [0.3, 0.4) is 0 Å². The lowest BCUT2D eigenvalue weighted by atomic mass is 10.0. The fourth-order valence-electron chi connectivity index (χ4n) is 2.84. The fourth-order valence-corrected chi connectivity index (χ4v) is 2.84. The molecule has 1 aromatic rings. The quantitative estimate of drug-likeness (QED) is 0.848. The van der Waals surface area contributed by atoms with E-state index < -0.39 is 0 Å². The number of hydrogen-bond donors (Lipinski definition) is 1. The molecule has 19 heavy (non-hydrogen) atoms. The van der Waals surface area contributed by atoms with E-state index in [4.69, 9.17) is 4.74 Å². The molecular weight excluding hydrogens is 236 g/mol. The van der Waals surface area contributed by atoms with Gasteiger partial charge in [0.2, 0.25) is 0 Å². The van der Waals surface area contributed by atoms with Crippen molar-refractivity contribution in [3.05, 3.63) is 35.9 Å². The molecule has 1 fully saturated rings. The van der Waals surface area contributed by atoms with Crippen LogP contribution in [-0.2, 0) is 11.2 Å². The van der Waals surface area contributed by atoms with Crippen molar-refractivity contribution in [2.24, 2.45) is 0 Å². The van der Waals surface area contributed by atoms with Crippen LogP contribution in [-0.4, -0.2) is 50.3 Å². The second-order valence-corrected chi connectivity index (χ2v) is 5.30. The van der Waals surface area contributed by atoms with Crippen LogP contribution >= 0.6 is 0 Å². The smallest absolute Gasteiger partial charge is 0.0826 e. The number of likely N-dealkylation sites (N-methyl/N-ethyl adjacent to an activating group) is 1. The van der Waals surface area contributed by atoms with Gasteiger partial charge in [-0.15, -0.1) is 0 Å². The topological polar surface area (TPSA) is 24.5 Å². The molecule has 3 heteroatoms. The van der Waals surface area contributed by atoms with E-state index in [9.17, 15) is 0 Å². The highest BCUT2D eigenvalue weighted by Crippen LogP contribution is 2.15. The van der Waals surface area contributed by atoms with E-state index in [-0.39, 0.29) is 0 Å². The number of morpholine rings is 1. The monoisotopic (exact) mass is 262 g/mol. The molecule has 0 amide bonds. The number of ether oxygens (including phenoxy) is 1. The molecule has 3 nitrogen and oxygen atoms in total. The molecule has 1 aromatic carbocycles. The van der Waals surface area contributed by atoms with Crippen molar-refractivity contribution in [3.8, 4) is 0 Å². The summed E-state index contributed by atoms with van der Waals surface area (Å²) in [5.74, 6) is 0. The van der Waals surface area contributed by atoms with Gasteiger partial charge in [-0.05, 0) is 25.5 Å². The molecule has 1 heterocycles. The first-order valence-corrected chi connectivity index (χ1v) is 7.37. The molecule has 0 aromatic heterocycles. The Morgan fingerprint density at radius 2 is 2.16 bits per heavy atom. The third-order valence-corrected chi connectivity index (χ3v) is 3.90. The minimum Gasteiger partial charge on any atom is -0.374 e. The lowest BCUT2D eigenvalue weighted by Crippen LogP contribution is -2.50. The van der Waals surface area contributed by atoms with Crippen LogP contribution in [0, 0.1) is 0 Å². The van der Waals surface area contributed by atoms with Gasteiger partial charge in [0, 0.05) is 25.7 Å². The highest BCUT2D eigenvalue weighted by atomic mass is 16.5. The Hall–Kier alpha value is -0.900. The van der Waals surface area contributed by atoms with Crippen molar-refractivity contribution < 1.29 is 4.74 Å². The average molecular weight is 262 g/mol. The first-order chi connectivity index (χ1) is 9.33. The molecule has 106 valence electrons. The Bertz CT molecular complexity index is 353. The maximum atomic E-state index is 5.79. The Balaban J connectivity index is 1.93. The minimum atomic E-state index is 0.337. The third-order valence-electron chi connectivity index (χ3n) is 3.90. The van der Waals surface area contributed by atoms with E-state index in [1.807, 2.05) is 7.05 Å². The maximum absolute atomic E-state index is 5.79. The summed E-state index contributed by atoms with van der Waals surface area (Å²) in [5.41, 5.74) is 1.44. The molecule has 0 spiro atoms. The van der Waals surface area contributed by atoms with Crippen LogP contribution in [0.25, 0.3) is 0 Å². The fraction of sp³-hybridized carbons (Fsp3) is 0.625. The van der Waals surface area contributed by atoms with Crippen molar-refractivity contribution in [1.82, 2.24) is 10.2 Å².